The molecule has 0 spiro atoms. The van der Waals surface area contributed by atoms with E-state index < -0.39 is 5.54 Å². The Morgan fingerprint density at radius 3 is 2.58 bits per heavy atom. The van der Waals surface area contributed by atoms with Gasteiger partial charge < -0.3 is 15.7 Å². The van der Waals surface area contributed by atoms with E-state index in [1.165, 1.54) is 17.3 Å². The van der Waals surface area contributed by atoms with E-state index in [1.54, 1.807) is 7.05 Å². The van der Waals surface area contributed by atoms with Gasteiger partial charge in [-0.15, -0.1) is 0 Å². The predicted octanol–water partition coefficient (Wildman–Crippen LogP) is -0.323. The van der Waals surface area contributed by atoms with E-state index in [4.69, 9.17) is 0 Å². The first kappa shape index (κ1) is 13.1. The van der Waals surface area contributed by atoms with Crippen LogP contribution >= 0.6 is 0 Å². The van der Waals surface area contributed by atoms with E-state index >= 15 is 0 Å². The Morgan fingerprint density at radius 1 is 1.26 bits per heavy atom. The second-order valence-corrected chi connectivity index (χ2v) is 4.54. The van der Waals surface area contributed by atoms with Gasteiger partial charge in [0.2, 0.25) is 11.9 Å². The average Bonchev–Trinajstić information content (AvgIpc) is 2.91. The molecule has 3 N–H and O–H groups in total. The summed E-state index contributed by atoms with van der Waals surface area (Å²) in [7, 11) is 1.71. The Kier molecular flexibility index (Phi) is 3.56. The monoisotopic (exact) mass is 264 g/mol. The van der Waals surface area contributed by atoms with Gasteiger partial charge in [0.05, 0.1) is 12.1 Å². The maximum absolute atomic E-state index is 9.26. The second-order valence-electron chi connectivity index (χ2n) is 4.54. The van der Waals surface area contributed by atoms with Crippen LogP contribution in [0.3, 0.4) is 0 Å². The third-order valence-corrected chi connectivity index (χ3v) is 2.32. The van der Waals surface area contributed by atoms with Crippen LogP contribution in [0.25, 0.3) is 5.95 Å². The molecule has 9 heteroatoms. The minimum Gasteiger partial charge on any atom is -0.394 e. The van der Waals surface area contributed by atoms with Gasteiger partial charge in [0.1, 0.15) is 12.7 Å². The van der Waals surface area contributed by atoms with E-state index in [9.17, 15) is 5.11 Å². The van der Waals surface area contributed by atoms with E-state index in [0.717, 1.165) is 0 Å². The highest BCUT2D eigenvalue weighted by Crippen LogP contribution is 2.13. The molecule has 0 aliphatic rings. The molecule has 0 unspecified atom stereocenters. The molecule has 0 amide bonds. The summed E-state index contributed by atoms with van der Waals surface area (Å²) in [4.78, 5) is 16.4. The lowest BCUT2D eigenvalue weighted by atomic mass is 10.1. The van der Waals surface area contributed by atoms with Gasteiger partial charge in [0.15, 0.2) is 0 Å². The number of aromatic nitrogens is 6. The van der Waals surface area contributed by atoms with Gasteiger partial charge in [-0.25, -0.2) is 4.98 Å². The number of rotatable bonds is 5. The normalized spacial score (nSPS) is 11.4. The summed E-state index contributed by atoms with van der Waals surface area (Å²) in [6.07, 6.45) is 2.89. The fourth-order valence-corrected chi connectivity index (χ4v) is 1.29. The first-order chi connectivity index (χ1) is 9.04. The molecule has 0 saturated heterocycles. The number of aliphatic hydroxyl groups is 1. The zero-order valence-electron chi connectivity index (χ0n) is 11.0. The molecule has 0 atom stereocenters. The third kappa shape index (κ3) is 3.13. The summed E-state index contributed by atoms with van der Waals surface area (Å²) in [5.41, 5.74) is -0.536. The summed E-state index contributed by atoms with van der Waals surface area (Å²) in [5.74, 6) is 1.09. The molecule has 2 aromatic heterocycles. The van der Waals surface area contributed by atoms with Gasteiger partial charge in [-0.05, 0) is 13.8 Å². The van der Waals surface area contributed by atoms with Crippen LogP contribution < -0.4 is 10.6 Å². The molecule has 0 fully saturated rings. The van der Waals surface area contributed by atoms with Crippen LogP contribution in [0.1, 0.15) is 13.8 Å². The Bertz CT molecular complexity index is 538. The molecular weight excluding hydrogens is 248 g/mol. The SMILES string of the molecule is CNc1nc(NC(C)(C)CO)nc(-n2cncn2)n1. The van der Waals surface area contributed by atoms with Crippen molar-refractivity contribution in [2.24, 2.45) is 0 Å². The smallest absolute Gasteiger partial charge is 0.258 e. The minimum atomic E-state index is -0.536. The quantitative estimate of drug-likeness (QED) is 0.673. The zero-order valence-corrected chi connectivity index (χ0v) is 11.0. The van der Waals surface area contributed by atoms with Crippen LogP contribution in [0.15, 0.2) is 12.7 Å². The summed E-state index contributed by atoms with van der Waals surface area (Å²) in [6, 6.07) is 0. The molecular formula is C10H16N8O. The van der Waals surface area contributed by atoms with Crippen LogP contribution in [0.4, 0.5) is 11.9 Å². The number of nitrogens with one attached hydrogen (secondary N) is 2. The lowest BCUT2D eigenvalue weighted by molar-refractivity contribution is 0.233. The number of hydrogen-bond acceptors (Lipinski definition) is 8. The molecule has 19 heavy (non-hydrogen) atoms. The highest BCUT2D eigenvalue weighted by Gasteiger charge is 2.18. The van der Waals surface area contributed by atoms with Crippen LogP contribution in [-0.2, 0) is 0 Å². The van der Waals surface area contributed by atoms with Gasteiger partial charge in [-0.1, -0.05) is 0 Å². The fourth-order valence-electron chi connectivity index (χ4n) is 1.29. The van der Waals surface area contributed by atoms with Crippen molar-refractivity contribution < 1.29 is 5.11 Å². The molecule has 2 aromatic rings. The van der Waals surface area contributed by atoms with Gasteiger partial charge in [-0.3, -0.25) is 0 Å². The molecule has 0 aromatic carbocycles. The lowest BCUT2D eigenvalue weighted by Crippen LogP contribution is -2.36. The molecule has 2 rings (SSSR count). The molecule has 0 saturated carbocycles. The van der Waals surface area contributed by atoms with Crippen molar-refractivity contribution in [3.63, 3.8) is 0 Å². The Labute approximate surface area is 110 Å². The van der Waals surface area contributed by atoms with Gasteiger partial charge >= 0.3 is 0 Å². The molecule has 0 aliphatic carbocycles. The maximum Gasteiger partial charge on any atom is 0.258 e. The number of aliphatic hydroxyl groups excluding tert-OH is 1. The maximum atomic E-state index is 9.26. The van der Waals surface area contributed by atoms with Crippen molar-refractivity contribution in [2.75, 3.05) is 24.3 Å². The minimum absolute atomic E-state index is 0.0494. The summed E-state index contributed by atoms with van der Waals surface area (Å²) in [6.45, 7) is 3.63. The van der Waals surface area contributed by atoms with Crippen molar-refractivity contribution >= 4 is 11.9 Å². The largest absolute Gasteiger partial charge is 0.394 e. The van der Waals surface area contributed by atoms with E-state index in [1.807, 2.05) is 13.8 Å². The van der Waals surface area contributed by atoms with Crippen molar-refractivity contribution in [1.82, 2.24) is 29.7 Å². The predicted molar refractivity (Wildman–Crippen MR) is 69.1 cm³/mol. The molecule has 0 radical (unpaired) electrons. The van der Waals surface area contributed by atoms with Gasteiger partial charge in [0, 0.05) is 7.05 Å². The van der Waals surface area contributed by atoms with E-state index in [2.05, 4.69) is 35.7 Å². The summed E-state index contributed by atoms with van der Waals surface area (Å²) < 4.78 is 1.43. The van der Waals surface area contributed by atoms with Crippen LogP contribution in [0.2, 0.25) is 0 Å². The number of anilines is 2. The summed E-state index contributed by atoms with van der Waals surface area (Å²) >= 11 is 0. The zero-order chi connectivity index (χ0) is 13.9. The summed E-state index contributed by atoms with van der Waals surface area (Å²) in [5, 5.41) is 19.1. The first-order valence-electron chi connectivity index (χ1n) is 5.72. The highest BCUT2D eigenvalue weighted by molar-refractivity contribution is 5.38. The van der Waals surface area contributed by atoms with Crippen molar-refractivity contribution in [3.8, 4) is 5.95 Å². The number of nitrogens with zero attached hydrogens (tertiary/aromatic N) is 6. The molecule has 0 aliphatic heterocycles. The van der Waals surface area contributed by atoms with Crippen molar-refractivity contribution in [1.29, 1.82) is 0 Å². The topological polar surface area (TPSA) is 114 Å². The van der Waals surface area contributed by atoms with E-state index in [-0.39, 0.29) is 6.61 Å². The third-order valence-electron chi connectivity index (χ3n) is 2.32. The highest BCUT2D eigenvalue weighted by atomic mass is 16.3. The Hall–Kier alpha value is -2.29. The Balaban J connectivity index is 2.37. The lowest BCUT2D eigenvalue weighted by Gasteiger charge is -2.23. The molecule has 102 valence electrons. The van der Waals surface area contributed by atoms with Gasteiger partial charge in [-0.2, -0.15) is 24.7 Å². The molecule has 2 heterocycles. The van der Waals surface area contributed by atoms with Crippen molar-refractivity contribution in [2.45, 2.75) is 19.4 Å². The number of hydrogen-bond donors (Lipinski definition) is 3. The first-order valence-corrected chi connectivity index (χ1v) is 5.72. The van der Waals surface area contributed by atoms with Crippen LogP contribution in [0, 0.1) is 0 Å². The second kappa shape index (κ2) is 5.14. The van der Waals surface area contributed by atoms with Gasteiger partial charge in [0.25, 0.3) is 5.95 Å². The average molecular weight is 264 g/mol. The van der Waals surface area contributed by atoms with Crippen molar-refractivity contribution in [3.05, 3.63) is 12.7 Å². The molecule has 9 nitrogen and oxygen atoms in total. The standard InChI is InChI=1S/C10H16N8O/c1-10(2,4-19)17-8-14-7(11-3)15-9(16-8)18-6-12-5-13-18/h5-6,19H,4H2,1-3H3,(H2,11,14,15,16,17). The molecule has 0 bridgehead atoms. The Morgan fingerprint density at radius 2 is 2.00 bits per heavy atom. The fraction of sp³-hybridized carbons (Fsp3) is 0.500. The van der Waals surface area contributed by atoms with Crippen LogP contribution in [-0.4, -0.2) is 54.0 Å². The van der Waals surface area contributed by atoms with Crippen LogP contribution in [0.5, 0.6) is 0 Å². The van der Waals surface area contributed by atoms with E-state index in [0.29, 0.717) is 17.8 Å².